The lowest BCUT2D eigenvalue weighted by molar-refractivity contribution is 0.228. The molecule has 22 heavy (non-hydrogen) atoms. The predicted octanol–water partition coefficient (Wildman–Crippen LogP) is 3.93. The second-order valence-electron chi connectivity index (χ2n) is 5.15. The number of halogens is 1. The maximum Gasteiger partial charge on any atom is 0.134 e. The van der Waals surface area contributed by atoms with Gasteiger partial charge in [-0.1, -0.05) is 55.8 Å². The summed E-state index contributed by atoms with van der Waals surface area (Å²) < 4.78 is 0. The fourth-order valence-electron chi connectivity index (χ4n) is 2.62. The van der Waals surface area contributed by atoms with Gasteiger partial charge in [0.2, 0.25) is 0 Å². The van der Waals surface area contributed by atoms with E-state index in [4.69, 9.17) is 11.6 Å². The van der Waals surface area contributed by atoms with Crippen LogP contribution in [0.15, 0.2) is 36.4 Å². The van der Waals surface area contributed by atoms with Gasteiger partial charge >= 0.3 is 0 Å². The summed E-state index contributed by atoms with van der Waals surface area (Å²) in [4.78, 5) is 10.9. The van der Waals surface area contributed by atoms with Crippen LogP contribution in [0.5, 0.6) is 0 Å². The summed E-state index contributed by atoms with van der Waals surface area (Å²) in [5.41, 5.74) is 1.30. The lowest BCUT2D eigenvalue weighted by Crippen LogP contribution is -2.33. The zero-order valence-electron chi connectivity index (χ0n) is 13.4. The largest absolute Gasteiger partial charge is 0.368 e. The van der Waals surface area contributed by atoms with Crippen LogP contribution in [0.25, 0.3) is 0 Å². The molecule has 0 saturated carbocycles. The summed E-state index contributed by atoms with van der Waals surface area (Å²) in [5.74, 6) is 1.44. The number of hydrogen-bond acceptors (Lipinski definition) is 4. The van der Waals surface area contributed by atoms with E-state index in [0.717, 1.165) is 25.5 Å². The van der Waals surface area contributed by atoms with E-state index in [9.17, 15) is 0 Å². The molecule has 0 aliphatic rings. The van der Waals surface area contributed by atoms with Crippen molar-refractivity contribution in [1.82, 2.24) is 14.9 Å². The first kappa shape index (κ1) is 16.7. The highest BCUT2D eigenvalue weighted by atomic mass is 35.5. The van der Waals surface area contributed by atoms with E-state index in [2.05, 4.69) is 58.3 Å². The van der Waals surface area contributed by atoms with Gasteiger partial charge in [-0.05, 0) is 25.6 Å². The third-order valence-corrected chi connectivity index (χ3v) is 3.91. The van der Waals surface area contributed by atoms with Crippen molar-refractivity contribution in [3.8, 4) is 0 Å². The molecular formula is C17H23ClN4. The van der Waals surface area contributed by atoms with Gasteiger partial charge in [0.25, 0.3) is 0 Å². The van der Waals surface area contributed by atoms with E-state index in [1.807, 2.05) is 13.0 Å². The molecule has 2 aromatic rings. The topological polar surface area (TPSA) is 41.0 Å². The van der Waals surface area contributed by atoms with Crippen LogP contribution in [0.1, 0.15) is 31.3 Å². The van der Waals surface area contributed by atoms with Gasteiger partial charge < -0.3 is 5.32 Å². The first-order valence-corrected chi connectivity index (χ1v) is 8.05. The first-order valence-electron chi connectivity index (χ1n) is 7.68. The SMILES string of the molecule is CCN(CC)[C@H](CNc1cc(Cl)nc(C)n1)c1ccccc1. The maximum atomic E-state index is 6.00. The molecule has 1 aromatic heterocycles. The van der Waals surface area contributed by atoms with Crippen molar-refractivity contribution >= 4 is 17.4 Å². The van der Waals surface area contributed by atoms with E-state index < -0.39 is 0 Å². The summed E-state index contributed by atoms with van der Waals surface area (Å²) >= 11 is 6.00. The molecule has 1 N–H and O–H groups in total. The number of rotatable bonds is 7. The molecular weight excluding hydrogens is 296 g/mol. The minimum absolute atomic E-state index is 0.297. The summed E-state index contributed by atoms with van der Waals surface area (Å²) in [5, 5.41) is 3.86. The van der Waals surface area contributed by atoms with Gasteiger partial charge in [-0.2, -0.15) is 0 Å². The van der Waals surface area contributed by atoms with Crippen LogP contribution in [0.2, 0.25) is 5.15 Å². The Kier molecular flexibility index (Phi) is 6.16. The van der Waals surface area contributed by atoms with Crippen molar-refractivity contribution in [2.45, 2.75) is 26.8 Å². The van der Waals surface area contributed by atoms with Crippen molar-refractivity contribution in [3.05, 3.63) is 52.9 Å². The van der Waals surface area contributed by atoms with Crippen LogP contribution in [-0.2, 0) is 0 Å². The molecule has 0 unspecified atom stereocenters. The molecule has 118 valence electrons. The van der Waals surface area contributed by atoms with Crippen LogP contribution < -0.4 is 5.32 Å². The van der Waals surface area contributed by atoms with E-state index in [0.29, 0.717) is 17.0 Å². The van der Waals surface area contributed by atoms with Gasteiger partial charge in [0.15, 0.2) is 0 Å². The van der Waals surface area contributed by atoms with Crippen LogP contribution in [0, 0.1) is 6.92 Å². The third kappa shape index (κ3) is 4.42. The van der Waals surface area contributed by atoms with Gasteiger partial charge in [0.05, 0.1) is 6.04 Å². The minimum atomic E-state index is 0.297. The van der Waals surface area contributed by atoms with Gasteiger partial charge in [0, 0.05) is 12.6 Å². The van der Waals surface area contributed by atoms with E-state index in [-0.39, 0.29) is 0 Å². The molecule has 0 saturated heterocycles. The normalized spacial score (nSPS) is 12.4. The maximum absolute atomic E-state index is 6.00. The molecule has 5 heteroatoms. The molecule has 0 aliphatic heterocycles. The van der Waals surface area contributed by atoms with Crippen molar-refractivity contribution < 1.29 is 0 Å². The molecule has 0 amide bonds. The Balaban J connectivity index is 2.16. The Bertz CT molecular complexity index is 564. The Morgan fingerprint density at radius 2 is 1.82 bits per heavy atom. The van der Waals surface area contributed by atoms with Crippen molar-refractivity contribution in [3.63, 3.8) is 0 Å². The second-order valence-corrected chi connectivity index (χ2v) is 5.54. The van der Waals surface area contributed by atoms with E-state index >= 15 is 0 Å². The summed E-state index contributed by atoms with van der Waals surface area (Å²) in [6.07, 6.45) is 0. The monoisotopic (exact) mass is 318 g/mol. The summed E-state index contributed by atoms with van der Waals surface area (Å²) in [7, 11) is 0. The fourth-order valence-corrected chi connectivity index (χ4v) is 2.85. The Morgan fingerprint density at radius 3 is 2.41 bits per heavy atom. The number of anilines is 1. The zero-order valence-corrected chi connectivity index (χ0v) is 14.1. The molecule has 1 atom stereocenters. The quantitative estimate of drug-likeness (QED) is 0.785. The number of nitrogens with zero attached hydrogens (tertiary/aromatic N) is 3. The lowest BCUT2D eigenvalue weighted by Gasteiger charge is -2.30. The molecule has 0 fully saturated rings. The van der Waals surface area contributed by atoms with Gasteiger partial charge in [0.1, 0.15) is 16.8 Å². The fraction of sp³-hybridized carbons (Fsp3) is 0.412. The average Bonchev–Trinajstić information content (AvgIpc) is 2.51. The molecule has 0 aliphatic carbocycles. The minimum Gasteiger partial charge on any atom is -0.368 e. The molecule has 1 aromatic carbocycles. The molecule has 4 nitrogen and oxygen atoms in total. The molecule has 0 bridgehead atoms. The summed E-state index contributed by atoms with van der Waals surface area (Å²) in [6, 6.07) is 12.6. The second kappa shape index (κ2) is 8.11. The van der Waals surface area contributed by atoms with E-state index in [1.165, 1.54) is 5.56 Å². The van der Waals surface area contributed by atoms with Crippen LogP contribution in [-0.4, -0.2) is 34.5 Å². The number of likely N-dealkylation sites (N-methyl/N-ethyl adjacent to an activating group) is 1. The standard InChI is InChI=1S/C17H23ClN4/c1-4-22(5-2)15(14-9-7-6-8-10-14)12-19-17-11-16(18)20-13(3)21-17/h6-11,15H,4-5,12H2,1-3H3,(H,19,20,21)/t15-/m1/s1. The predicted molar refractivity (Wildman–Crippen MR) is 92.4 cm³/mol. The average molecular weight is 319 g/mol. The molecule has 0 radical (unpaired) electrons. The highest BCUT2D eigenvalue weighted by Gasteiger charge is 2.17. The Morgan fingerprint density at radius 1 is 1.14 bits per heavy atom. The number of benzene rings is 1. The Hall–Kier alpha value is -1.65. The lowest BCUT2D eigenvalue weighted by atomic mass is 10.1. The smallest absolute Gasteiger partial charge is 0.134 e. The molecule has 1 heterocycles. The molecule has 2 rings (SSSR count). The highest BCUT2D eigenvalue weighted by Crippen LogP contribution is 2.21. The van der Waals surface area contributed by atoms with Gasteiger partial charge in [-0.3, -0.25) is 4.90 Å². The highest BCUT2D eigenvalue weighted by molar-refractivity contribution is 6.29. The van der Waals surface area contributed by atoms with Crippen molar-refractivity contribution in [1.29, 1.82) is 0 Å². The van der Waals surface area contributed by atoms with Gasteiger partial charge in [-0.15, -0.1) is 0 Å². The van der Waals surface area contributed by atoms with Crippen LogP contribution in [0.3, 0.4) is 0 Å². The number of nitrogens with one attached hydrogen (secondary N) is 1. The first-order chi connectivity index (χ1) is 10.6. The summed E-state index contributed by atoms with van der Waals surface area (Å²) in [6.45, 7) is 8.99. The zero-order chi connectivity index (χ0) is 15.9. The van der Waals surface area contributed by atoms with Crippen LogP contribution in [0.4, 0.5) is 5.82 Å². The number of aromatic nitrogens is 2. The van der Waals surface area contributed by atoms with Crippen molar-refractivity contribution in [2.24, 2.45) is 0 Å². The van der Waals surface area contributed by atoms with E-state index in [1.54, 1.807) is 6.07 Å². The van der Waals surface area contributed by atoms with Crippen LogP contribution >= 0.6 is 11.6 Å². The number of aryl methyl sites for hydroxylation is 1. The number of hydrogen-bond donors (Lipinski definition) is 1. The molecule has 0 spiro atoms. The van der Waals surface area contributed by atoms with Crippen molar-refractivity contribution in [2.75, 3.05) is 25.0 Å². The third-order valence-electron chi connectivity index (χ3n) is 3.72. The Labute approximate surface area is 137 Å². The van der Waals surface area contributed by atoms with Gasteiger partial charge in [-0.25, -0.2) is 9.97 Å².